The molecule has 5 heteroatoms. The summed E-state index contributed by atoms with van der Waals surface area (Å²) in [6, 6.07) is 3.35. The van der Waals surface area contributed by atoms with Gasteiger partial charge in [0, 0.05) is 24.4 Å². The fraction of sp³-hybridized carbons (Fsp3) is 0.562. The van der Waals surface area contributed by atoms with Crippen molar-refractivity contribution in [2.45, 2.75) is 40.2 Å². The summed E-state index contributed by atoms with van der Waals surface area (Å²) in [4.78, 5) is 27.8. The van der Waals surface area contributed by atoms with Crippen molar-refractivity contribution in [3.63, 3.8) is 0 Å². The van der Waals surface area contributed by atoms with Crippen molar-refractivity contribution < 1.29 is 19.1 Å². The van der Waals surface area contributed by atoms with Crippen LogP contribution in [0.4, 0.5) is 0 Å². The van der Waals surface area contributed by atoms with Gasteiger partial charge in [0.2, 0.25) is 6.10 Å². The van der Waals surface area contributed by atoms with Crippen LogP contribution in [-0.4, -0.2) is 24.0 Å². The second-order valence-electron chi connectivity index (χ2n) is 6.15. The molecule has 1 aromatic heterocycles. The van der Waals surface area contributed by atoms with Gasteiger partial charge in [-0.2, -0.15) is 0 Å². The number of hydrogen-bond acceptors (Lipinski definition) is 5. The molecule has 0 amide bonds. The van der Waals surface area contributed by atoms with Gasteiger partial charge < -0.3 is 9.47 Å². The molecule has 2 atom stereocenters. The summed E-state index contributed by atoms with van der Waals surface area (Å²) in [5, 5.41) is 0. The highest BCUT2D eigenvalue weighted by molar-refractivity contribution is 5.80. The van der Waals surface area contributed by atoms with Crippen molar-refractivity contribution in [3.8, 4) is 0 Å². The molecular weight excluding hydrogens is 270 g/mol. The van der Waals surface area contributed by atoms with E-state index in [2.05, 4.69) is 25.8 Å². The maximum Gasteiger partial charge on any atom is 0.352 e. The van der Waals surface area contributed by atoms with Crippen LogP contribution in [0.1, 0.15) is 45.8 Å². The number of methoxy groups -OCH3 is 1. The summed E-state index contributed by atoms with van der Waals surface area (Å²) in [6.45, 7) is 8.16. The number of hydrogen-bond donors (Lipinski definition) is 0. The van der Waals surface area contributed by atoms with Crippen LogP contribution in [0.15, 0.2) is 24.5 Å². The van der Waals surface area contributed by atoms with E-state index in [9.17, 15) is 9.59 Å². The summed E-state index contributed by atoms with van der Waals surface area (Å²) in [5.41, 5.74) is 0.495. The van der Waals surface area contributed by atoms with Crippen LogP contribution in [0.5, 0.6) is 0 Å². The first kappa shape index (κ1) is 17.1. The molecule has 21 heavy (non-hydrogen) atoms. The number of carbonyl (C=O) groups excluding carboxylic acids is 2. The Morgan fingerprint density at radius 1 is 1.33 bits per heavy atom. The lowest BCUT2D eigenvalue weighted by Crippen LogP contribution is -2.25. The Kier molecular flexibility index (Phi) is 5.88. The Morgan fingerprint density at radius 3 is 2.48 bits per heavy atom. The zero-order valence-electron chi connectivity index (χ0n) is 13.3. The van der Waals surface area contributed by atoms with Gasteiger partial charge in [-0.05, 0) is 17.4 Å². The maximum absolute atomic E-state index is 12.1. The molecule has 1 heterocycles. The SMILES string of the molecule is COC(=O)[C@H](OC(=O)C[C@H](C)C(C)(C)C)c1cccnc1. The van der Waals surface area contributed by atoms with Crippen molar-refractivity contribution in [2.75, 3.05) is 7.11 Å². The highest BCUT2D eigenvalue weighted by Gasteiger charge is 2.29. The predicted octanol–water partition coefficient (Wildman–Crippen LogP) is 2.91. The van der Waals surface area contributed by atoms with Gasteiger partial charge >= 0.3 is 11.9 Å². The molecule has 1 aromatic rings. The van der Waals surface area contributed by atoms with E-state index >= 15 is 0 Å². The van der Waals surface area contributed by atoms with Gasteiger partial charge in [0.25, 0.3) is 0 Å². The van der Waals surface area contributed by atoms with Crippen LogP contribution >= 0.6 is 0 Å². The quantitative estimate of drug-likeness (QED) is 0.781. The second-order valence-corrected chi connectivity index (χ2v) is 6.15. The topological polar surface area (TPSA) is 65.5 Å². The molecule has 0 fully saturated rings. The number of esters is 2. The molecule has 0 spiro atoms. The smallest absolute Gasteiger partial charge is 0.352 e. The van der Waals surface area contributed by atoms with Crippen molar-refractivity contribution >= 4 is 11.9 Å². The Morgan fingerprint density at radius 2 is 2.00 bits per heavy atom. The van der Waals surface area contributed by atoms with E-state index in [1.165, 1.54) is 13.3 Å². The fourth-order valence-electron chi connectivity index (χ4n) is 1.63. The summed E-state index contributed by atoms with van der Waals surface area (Å²) in [5.74, 6) is -0.895. The van der Waals surface area contributed by atoms with Gasteiger partial charge in [0.1, 0.15) is 0 Å². The van der Waals surface area contributed by atoms with Gasteiger partial charge in [0.15, 0.2) is 0 Å². The molecule has 0 saturated carbocycles. The van der Waals surface area contributed by atoms with Crippen LogP contribution in [0.25, 0.3) is 0 Å². The second kappa shape index (κ2) is 7.20. The van der Waals surface area contributed by atoms with Crippen LogP contribution in [-0.2, 0) is 19.1 Å². The van der Waals surface area contributed by atoms with Gasteiger partial charge in [-0.1, -0.05) is 33.8 Å². The summed E-state index contributed by atoms with van der Waals surface area (Å²) < 4.78 is 10.00. The molecule has 0 saturated heterocycles. The molecule has 0 bridgehead atoms. The van der Waals surface area contributed by atoms with Crippen molar-refractivity contribution in [2.24, 2.45) is 11.3 Å². The number of carbonyl (C=O) groups is 2. The third-order valence-electron chi connectivity index (χ3n) is 3.60. The molecule has 0 radical (unpaired) electrons. The van der Waals surface area contributed by atoms with Crippen molar-refractivity contribution in [3.05, 3.63) is 30.1 Å². The van der Waals surface area contributed by atoms with E-state index in [1.807, 2.05) is 6.92 Å². The monoisotopic (exact) mass is 293 g/mol. The van der Waals surface area contributed by atoms with Crippen LogP contribution in [0.3, 0.4) is 0 Å². The van der Waals surface area contributed by atoms with Crippen LogP contribution in [0, 0.1) is 11.3 Å². The highest BCUT2D eigenvalue weighted by Crippen LogP contribution is 2.29. The average Bonchev–Trinajstić information content (AvgIpc) is 2.43. The molecule has 0 N–H and O–H groups in total. The number of nitrogens with zero attached hydrogens (tertiary/aromatic N) is 1. The molecule has 0 aliphatic carbocycles. The summed E-state index contributed by atoms with van der Waals surface area (Å²) in [7, 11) is 1.26. The van der Waals surface area contributed by atoms with E-state index in [1.54, 1.807) is 18.3 Å². The third kappa shape index (κ3) is 5.17. The lowest BCUT2D eigenvalue weighted by molar-refractivity contribution is -0.167. The van der Waals surface area contributed by atoms with Gasteiger partial charge in [-0.15, -0.1) is 0 Å². The number of ether oxygens (including phenoxy) is 2. The van der Waals surface area contributed by atoms with E-state index in [0.717, 1.165) is 0 Å². The Hall–Kier alpha value is -1.91. The summed E-state index contributed by atoms with van der Waals surface area (Å²) in [6.07, 6.45) is 2.25. The first-order valence-corrected chi connectivity index (χ1v) is 6.93. The molecular formula is C16H23NO4. The van der Waals surface area contributed by atoms with E-state index in [0.29, 0.717) is 5.56 Å². The minimum absolute atomic E-state index is 0.00587. The van der Waals surface area contributed by atoms with Gasteiger partial charge in [-0.3, -0.25) is 9.78 Å². The Labute approximate surface area is 125 Å². The Balaban J connectivity index is 2.79. The zero-order valence-corrected chi connectivity index (χ0v) is 13.3. The minimum atomic E-state index is -1.07. The molecule has 0 aliphatic heterocycles. The largest absolute Gasteiger partial charge is 0.466 e. The van der Waals surface area contributed by atoms with Crippen LogP contribution < -0.4 is 0 Å². The zero-order chi connectivity index (χ0) is 16.0. The van der Waals surface area contributed by atoms with Gasteiger partial charge in [0.05, 0.1) is 7.11 Å². The number of pyridine rings is 1. The van der Waals surface area contributed by atoms with E-state index in [-0.39, 0.29) is 17.8 Å². The first-order valence-electron chi connectivity index (χ1n) is 6.93. The lowest BCUT2D eigenvalue weighted by Gasteiger charge is -2.27. The molecule has 116 valence electrons. The van der Waals surface area contributed by atoms with Crippen molar-refractivity contribution in [1.29, 1.82) is 0 Å². The molecule has 0 aliphatic rings. The van der Waals surface area contributed by atoms with Crippen molar-refractivity contribution in [1.82, 2.24) is 4.98 Å². The average molecular weight is 293 g/mol. The maximum atomic E-state index is 12.1. The lowest BCUT2D eigenvalue weighted by atomic mass is 9.80. The van der Waals surface area contributed by atoms with Gasteiger partial charge in [-0.25, -0.2) is 4.79 Å². The predicted molar refractivity (Wildman–Crippen MR) is 78.3 cm³/mol. The normalized spacial score (nSPS) is 14.1. The highest BCUT2D eigenvalue weighted by atomic mass is 16.6. The minimum Gasteiger partial charge on any atom is -0.466 e. The fourth-order valence-corrected chi connectivity index (χ4v) is 1.63. The Bertz CT molecular complexity index is 479. The number of aromatic nitrogens is 1. The van der Waals surface area contributed by atoms with Crippen LogP contribution in [0.2, 0.25) is 0 Å². The van der Waals surface area contributed by atoms with E-state index in [4.69, 9.17) is 9.47 Å². The summed E-state index contributed by atoms with van der Waals surface area (Å²) >= 11 is 0. The molecule has 1 rings (SSSR count). The van der Waals surface area contributed by atoms with E-state index < -0.39 is 18.0 Å². The third-order valence-corrected chi connectivity index (χ3v) is 3.60. The standard InChI is InChI=1S/C16H23NO4/c1-11(16(2,3)4)9-13(18)21-14(15(19)20-5)12-7-6-8-17-10-12/h6-8,10-11,14H,9H2,1-5H3/t11-,14+/m0/s1. The molecule has 0 unspecified atom stereocenters. The first-order chi connectivity index (χ1) is 9.75. The molecule has 0 aromatic carbocycles. The number of rotatable bonds is 5. The molecule has 5 nitrogen and oxygen atoms in total.